The Kier molecular flexibility index (Phi) is 7.13. The summed E-state index contributed by atoms with van der Waals surface area (Å²) in [5.41, 5.74) is 8.33. The molecule has 0 aliphatic carbocycles. The van der Waals surface area contributed by atoms with Gasteiger partial charge >= 0.3 is 11.8 Å². The molecular weight excluding hydrogens is 318 g/mol. The first kappa shape index (κ1) is 18.6. The van der Waals surface area contributed by atoms with Crippen LogP contribution in [0, 0.1) is 0 Å². The van der Waals surface area contributed by atoms with Crippen molar-refractivity contribution in [2.45, 2.75) is 19.6 Å². The van der Waals surface area contributed by atoms with E-state index in [1.54, 1.807) is 0 Å². The number of benzene rings is 2. The van der Waals surface area contributed by atoms with Crippen LogP contribution in [-0.4, -0.2) is 35.0 Å². The predicted octanol–water partition coefficient (Wildman–Crippen LogP) is 0.783. The van der Waals surface area contributed by atoms with Crippen molar-refractivity contribution in [1.82, 2.24) is 10.2 Å². The van der Waals surface area contributed by atoms with Crippen LogP contribution in [0.5, 0.6) is 0 Å². The minimum atomic E-state index is -0.692. The molecule has 0 fully saturated rings. The molecule has 0 saturated carbocycles. The summed E-state index contributed by atoms with van der Waals surface area (Å²) < 4.78 is 0. The van der Waals surface area contributed by atoms with E-state index in [1.807, 2.05) is 54.6 Å². The van der Waals surface area contributed by atoms with Gasteiger partial charge in [-0.25, -0.2) is 0 Å². The van der Waals surface area contributed by atoms with E-state index in [0.717, 1.165) is 16.7 Å². The zero-order chi connectivity index (χ0) is 18.1. The van der Waals surface area contributed by atoms with E-state index in [9.17, 15) is 14.7 Å². The number of hydrogen-bond acceptors (Lipinski definition) is 4. The van der Waals surface area contributed by atoms with Gasteiger partial charge in [-0.1, -0.05) is 54.6 Å². The summed E-state index contributed by atoms with van der Waals surface area (Å²) in [5, 5.41) is 11.8. The number of carbonyl (C=O) groups is 2. The molecule has 2 rings (SSSR count). The predicted molar refractivity (Wildman–Crippen MR) is 95.1 cm³/mol. The van der Waals surface area contributed by atoms with Gasteiger partial charge < -0.3 is 21.1 Å². The lowest BCUT2D eigenvalue weighted by molar-refractivity contribution is -0.146. The van der Waals surface area contributed by atoms with Gasteiger partial charge in [0, 0.05) is 26.2 Å². The maximum atomic E-state index is 12.4. The van der Waals surface area contributed by atoms with E-state index >= 15 is 0 Å². The SMILES string of the molecule is NCc1cccc(CNC(=O)C(=O)N(CCO)Cc2ccccc2)c1. The molecule has 4 N–H and O–H groups in total. The van der Waals surface area contributed by atoms with Crippen molar-refractivity contribution >= 4 is 11.8 Å². The molecule has 0 radical (unpaired) electrons. The first-order valence-corrected chi connectivity index (χ1v) is 8.14. The topological polar surface area (TPSA) is 95.7 Å². The summed E-state index contributed by atoms with van der Waals surface area (Å²) >= 11 is 0. The number of aliphatic hydroxyl groups is 1. The molecule has 0 aliphatic rings. The van der Waals surface area contributed by atoms with Crippen molar-refractivity contribution in [2.75, 3.05) is 13.2 Å². The van der Waals surface area contributed by atoms with Crippen molar-refractivity contribution in [3.63, 3.8) is 0 Å². The zero-order valence-electron chi connectivity index (χ0n) is 14.0. The molecule has 0 aliphatic heterocycles. The van der Waals surface area contributed by atoms with Gasteiger partial charge in [0.05, 0.1) is 6.61 Å². The molecule has 0 aromatic heterocycles. The Labute approximate surface area is 147 Å². The van der Waals surface area contributed by atoms with E-state index in [0.29, 0.717) is 6.54 Å². The second-order valence-corrected chi connectivity index (χ2v) is 5.64. The molecule has 2 aromatic carbocycles. The Hall–Kier alpha value is -2.70. The average Bonchev–Trinajstić information content (AvgIpc) is 2.66. The van der Waals surface area contributed by atoms with Crippen LogP contribution >= 0.6 is 0 Å². The third kappa shape index (κ3) is 5.70. The first-order chi connectivity index (χ1) is 12.1. The van der Waals surface area contributed by atoms with Gasteiger partial charge in [-0.05, 0) is 16.7 Å². The van der Waals surface area contributed by atoms with Gasteiger partial charge in [0.2, 0.25) is 0 Å². The molecule has 6 nitrogen and oxygen atoms in total. The lowest BCUT2D eigenvalue weighted by atomic mass is 10.1. The van der Waals surface area contributed by atoms with Gasteiger partial charge in [-0.15, -0.1) is 0 Å². The van der Waals surface area contributed by atoms with Crippen LogP contribution in [-0.2, 0) is 29.2 Å². The van der Waals surface area contributed by atoms with Gasteiger partial charge in [-0.2, -0.15) is 0 Å². The van der Waals surface area contributed by atoms with E-state index in [4.69, 9.17) is 5.73 Å². The quantitative estimate of drug-likeness (QED) is 0.649. The van der Waals surface area contributed by atoms with Crippen molar-refractivity contribution < 1.29 is 14.7 Å². The highest BCUT2D eigenvalue weighted by atomic mass is 16.3. The Morgan fingerprint density at radius 3 is 2.36 bits per heavy atom. The standard InChI is InChI=1S/C19H23N3O3/c20-12-16-7-4-8-17(11-16)13-21-18(24)19(25)22(9-10-23)14-15-5-2-1-3-6-15/h1-8,11,23H,9-10,12-14,20H2,(H,21,24). The lowest BCUT2D eigenvalue weighted by Crippen LogP contribution is -2.43. The van der Waals surface area contributed by atoms with E-state index in [2.05, 4.69) is 5.32 Å². The van der Waals surface area contributed by atoms with Crippen LogP contribution in [0.25, 0.3) is 0 Å². The fourth-order valence-electron chi connectivity index (χ4n) is 2.45. The van der Waals surface area contributed by atoms with Crippen LogP contribution in [0.4, 0.5) is 0 Å². The minimum Gasteiger partial charge on any atom is -0.395 e. The molecule has 0 saturated heterocycles. The number of nitrogens with one attached hydrogen (secondary N) is 1. The molecule has 132 valence electrons. The summed E-state index contributed by atoms with van der Waals surface area (Å²) in [6.45, 7) is 0.837. The van der Waals surface area contributed by atoms with Gasteiger partial charge in [0.25, 0.3) is 0 Å². The minimum absolute atomic E-state index is 0.101. The normalized spacial score (nSPS) is 10.3. The molecule has 6 heteroatoms. The van der Waals surface area contributed by atoms with Gasteiger partial charge in [0.15, 0.2) is 0 Å². The third-order valence-electron chi connectivity index (χ3n) is 3.75. The maximum absolute atomic E-state index is 12.4. The number of carbonyl (C=O) groups excluding carboxylic acids is 2. The van der Waals surface area contributed by atoms with Crippen molar-refractivity contribution in [3.05, 3.63) is 71.3 Å². The highest BCUT2D eigenvalue weighted by Gasteiger charge is 2.21. The number of nitrogens with two attached hydrogens (primary N) is 1. The Bertz CT molecular complexity index is 704. The van der Waals surface area contributed by atoms with Crippen LogP contribution in [0.1, 0.15) is 16.7 Å². The number of nitrogens with zero attached hydrogens (tertiary/aromatic N) is 1. The molecule has 0 atom stereocenters. The third-order valence-corrected chi connectivity index (χ3v) is 3.75. The zero-order valence-corrected chi connectivity index (χ0v) is 14.0. The summed E-state index contributed by atoms with van der Waals surface area (Å²) in [5.74, 6) is -1.35. The monoisotopic (exact) mass is 341 g/mol. The molecule has 0 spiro atoms. The number of rotatable bonds is 7. The molecule has 0 heterocycles. The van der Waals surface area contributed by atoms with E-state index in [1.165, 1.54) is 4.90 Å². The molecule has 0 unspecified atom stereocenters. The molecule has 0 bridgehead atoms. The fraction of sp³-hybridized carbons (Fsp3) is 0.263. The molecule has 25 heavy (non-hydrogen) atoms. The van der Waals surface area contributed by atoms with Crippen LogP contribution in [0.15, 0.2) is 54.6 Å². The smallest absolute Gasteiger partial charge is 0.312 e. The summed E-state index contributed by atoms with van der Waals surface area (Å²) in [6, 6.07) is 16.9. The second-order valence-electron chi connectivity index (χ2n) is 5.64. The van der Waals surface area contributed by atoms with Crippen LogP contribution in [0.2, 0.25) is 0 Å². The molecule has 2 amide bonds. The van der Waals surface area contributed by atoms with Crippen LogP contribution < -0.4 is 11.1 Å². The molecule has 2 aromatic rings. The number of amides is 2. The Morgan fingerprint density at radius 2 is 1.68 bits per heavy atom. The second kappa shape index (κ2) is 9.56. The Morgan fingerprint density at radius 1 is 1.00 bits per heavy atom. The van der Waals surface area contributed by atoms with Crippen molar-refractivity contribution in [1.29, 1.82) is 0 Å². The summed E-state index contributed by atoms with van der Waals surface area (Å²) in [4.78, 5) is 25.9. The maximum Gasteiger partial charge on any atom is 0.312 e. The summed E-state index contributed by atoms with van der Waals surface area (Å²) in [7, 11) is 0. The van der Waals surface area contributed by atoms with Crippen molar-refractivity contribution in [2.24, 2.45) is 5.73 Å². The van der Waals surface area contributed by atoms with E-state index in [-0.39, 0.29) is 26.2 Å². The molecular formula is C19H23N3O3. The largest absolute Gasteiger partial charge is 0.395 e. The fourth-order valence-corrected chi connectivity index (χ4v) is 2.45. The Balaban J connectivity index is 1.96. The van der Waals surface area contributed by atoms with Gasteiger partial charge in [-0.3, -0.25) is 9.59 Å². The highest BCUT2D eigenvalue weighted by Crippen LogP contribution is 2.06. The number of aliphatic hydroxyl groups excluding tert-OH is 1. The van der Waals surface area contributed by atoms with Crippen molar-refractivity contribution in [3.8, 4) is 0 Å². The first-order valence-electron chi connectivity index (χ1n) is 8.14. The number of hydrogen-bond donors (Lipinski definition) is 3. The summed E-state index contributed by atoms with van der Waals surface area (Å²) in [6.07, 6.45) is 0. The van der Waals surface area contributed by atoms with Gasteiger partial charge in [0.1, 0.15) is 0 Å². The van der Waals surface area contributed by atoms with E-state index < -0.39 is 11.8 Å². The highest BCUT2D eigenvalue weighted by molar-refractivity contribution is 6.34. The average molecular weight is 341 g/mol. The lowest BCUT2D eigenvalue weighted by Gasteiger charge is -2.21. The van der Waals surface area contributed by atoms with Crippen LogP contribution in [0.3, 0.4) is 0 Å².